The summed E-state index contributed by atoms with van der Waals surface area (Å²) >= 11 is 0. The van der Waals surface area contributed by atoms with Crippen LogP contribution in [0.3, 0.4) is 0 Å². The van der Waals surface area contributed by atoms with E-state index in [0.29, 0.717) is 12.1 Å². The van der Waals surface area contributed by atoms with Crippen molar-refractivity contribution in [3.8, 4) is 0 Å². The van der Waals surface area contributed by atoms with Crippen LogP contribution in [0.15, 0.2) is 18.2 Å². The van der Waals surface area contributed by atoms with Crippen molar-refractivity contribution >= 4 is 0 Å². The van der Waals surface area contributed by atoms with Crippen molar-refractivity contribution in [2.45, 2.75) is 32.6 Å². The summed E-state index contributed by atoms with van der Waals surface area (Å²) in [7, 11) is 0. The minimum atomic E-state index is -0.135. The van der Waals surface area contributed by atoms with E-state index in [-0.39, 0.29) is 16.6 Å². The lowest BCUT2D eigenvalue weighted by Gasteiger charge is -2.19. The molecule has 1 nitrogen and oxygen atoms in total. The third-order valence-corrected chi connectivity index (χ3v) is 3.97. The van der Waals surface area contributed by atoms with Gasteiger partial charge in [0.25, 0.3) is 0 Å². The van der Waals surface area contributed by atoms with Crippen molar-refractivity contribution in [2.24, 2.45) is 11.1 Å². The first kappa shape index (κ1) is 10.6. The van der Waals surface area contributed by atoms with E-state index in [2.05, 4.69) is 13.8 Å². The quantitative estimate of drug-likeness (QED) is 0.793. The topological polar surface area (TPSA) is 26.0 Å². The fraction of sp³-hybridized carbons (Fsp3) is 0.538. The summed E-state index contributed by atoms with van der Waals surface area (Å²) in [6, 6.07) is 5.37. The summed E-state index contributed by atoms with van der Waals surface area (Å²) in [6.45, 7) is 6.89. The van der Waals surface area contributed by atoms with Crippen LogP contribution in [-0.2, 0) is 5.41 Å². The number of rotatable bonds is 2. The zero-order valence-electron chi connectivity index (χ0n) is 9.60. The number of hydrogen-bond acceptors (Lipinski definition) is 1. The van der Waals surface area contributed by atoms with E-state index in [1.54, 1.807) is 13.0 Å². The lowest BCUT2D eigenvalue weighted by molar-refractivity contribution is 0.501. The van der Waals surface area contributed by atoms with Crippen LogP contribution in [0.25, 0.3) is 0 Å². The van der Waals surface area contributed by atoms with E-state index in [4.69, 9.17) is 5.73 Å². The average molecular weight is 207 g/mol. The number of halogens is 1. The molecule has 0 saturated heterocycles. The van der Waals surface area contributed by atoms with Crippen molar-refractivity contribution in [1.82, 2.24) is 0 Å². The maximum absolute atomic E-state index is 13.2. The number of aryl methyl sites for hydroxylation is 1. The third kappa shape index (κ3) is 1.39. The summed E-state index contributed by atoms with van der Waals surface area (Å²) < 4.78 is 13.2. The normalized spacial score (nSPS) is 27.8. The molecule has 0 spiro atoms. The Kier molecular flexibility index (Phi) is 2.16. The molecule has 1 aliphatic rings. The van der Waals surface area contributed by atoms with Crippen LogP contribution in [0, 0.1) is 18.2 Å². The van der Waals surface area contributed by atoms with Gasteiger partial charge in [0.15, 0.2) is 0 Å². The van der Waals surface area contributed by atoms with Crippen LogP contribution in [-0.4, -0.2) is 6.54 Å². The summed E-state index contributed by atoms with van der Waals surface area (Å²) in [5.74, 6) is -0.135. The molecule has 1 fully saturated rings. The van der Waals surface area contributed by atoms with Gasteiger partial charge in [-0.2, -0.15) is 0 Å². The minimum Gasteiger partial charge on any atom is -0.330 e. The van der Waals surface area contributed by atoms with Gasteiger partial charge in [0.2, 0.25) is 0 Å². The summed E-state index contributed by atoms with van der Waals surface area (Å²) in [4.78, 5) is 0. The molecule has 0 heterocycles. The minimum absolute atomic E-state index is 0.0749. The Bertz CT molecular complexity index is 398. The Balaban J connectivity index is 2.42. The van der Waals surface area contributed by atoms with Gasteiger partial charge in [-0.3, -0.25) is 0 Å². The molecular weight excluding hydrogens is 189 g/mol. The first-order valence-electron chi connectivity index (χ1n) is 5.40. The van der Waals surface area contributed by atoms with E-state index in [9.17, 15) is 4.39 Å². The van der Waals surface area contributed by atoms with E-state index < -0.39 is 0 Å². The maximum atomic E-state index is 13.2. The molecule has 0 aromatic heterocycles. The summed E-state index contributed by atoms with van der Waals surface area (Å²) in [5.41, 5.74) is 8.10. The fourth-order valence-corrected chi connectivity index (χ4v) is 2.61. The van der Waals surface area contributed by atoms with Crippen molar-refractivity contribution in [1.29, 1.82) is 0 Å². The summed E-state index contributed by atoms with van der Waals surface area (Å²) in [5, 5.41) is 0. The molecule has 1 saturated carbocycles. The smallest absolute Gasteiger partial charge is 0.126 e. The van der Waals surface area contributed by atoms with Crippen molar-refractivity contribution in [3.05, 3.63) is 35.1 Å². The van der Waals surface area contributed by atoms with E-state index >= 15 is 0 Å². The Morgan fingerprint density at radius 2 is 2.00 bits per heavy atom. The molecule has 1 aromatic rings. The Morgan fingerprint density at radius 1 is 1.40 bits per heavy atom. The molecule has 82 valence electrons. The standard InChI is InChI=1S/C13H18FN/c1-9-6-10(4-5-11(9)14)13(8-15)7-12(13,2)3/h4-6H,7-8,15H2,1-3H3. The Labute approximate surface area is 90.5 Å². The average Bonchev–Trinajstić information content (AvgIpc) is 2.75. The van der Waals surface area contributed by atoms with Gasteiger partial charge in [0.1, 0.15) is 5.82 Å². The van der Waals surface area contributed by atoms with Gasteiger partial charge >= 0.3 is 0 Å². The second-order valence-corrected chi connectivity index (χ2v) is 5.31. The molecule has 1 aromatic carbocycles. The van der Waals surface area contributed by atoms with Crippen LogP contribution >= 0.6 is 0 Å². The number of benzene rings is 1. The number of nitrogens with two attached hydrogens (primary N) is 1. The molecule has 1 unspecified atom stereocenters. The molecule has 2 heteroatoms. The largest absolute Gasteiger partial charge is 0.330 e. The molecule has 0 aliphatic heterocycles. The summed E-state index contributed by atoms with van der Waals surface area (Å²) in [6.07, 6.45) is 1.10. The van der Waals surface area contributed by atoms with E-state index in [0.717, 1.165) is 6.42 Å². The third-order valence-electron chi connectivity index (χ3n) is 3.97. The first-order valence-corrected chi connectivity index (χ1v) is 5.40. The van der Waals surface area contributed by atoms with Crippen LogP contribution < -0.4 is 5.73 Å². The van der Waals surface area contributed by atoms with Gasteiger partial charge < -0.3 is 5.73 Å². The zero-order chi connectivity index (χ0) is 11.3. The first-order chi connectivity index (χ1) is 6.93. The van der Waals surface area contributed by atoms with Crippen molar-refractivity contribution in [3.63, 3.8) is 0 Å². The van der Waals surface area contributed by atoms with E-state index in [1.807, 2.05) is 12.1 Å². The SMILES string of the molecule is Cc1cc(C2(CN)CC2(C)C)ccc1F. The highest BCUT2D eigenvalue weighted by Crippen LogP contribution is 2.63. The lowest BCUT2D eigenvalue weighted by Crippen LogP contribution is -2.25. The van der Waals surface area contributed by atoms with Gasteiger partial charge in [0, 0.05) is 12.0 Å². The molecule has 15 heavy (non-hydrogen) atoms. The molecular formula is C13H18FN. The highest BCUT2D eigenvalue weighted by molar-refractivity contribution is 5.39. The fourth-order valence-electron chi connectivity index (χ4n) is 2.61. The molecule has 1 aliphatic carbocycles. The second-order valence-electron chi connectivity index (χ2n) is 5.31. The molecule has 2 N–H and O–H groups in total. The van der Waals surface area contributed by atoms with Gasteiger partial charge in [-0.05, 0) is 36.0 Å². The lowest BCUT2D eigenvalue weighted by atomic mass is 9.87. The Hall–Kier alpha value is -0.890. The zero-order valence-corrected chi connectivity index (χ0v) is 9.60. The Morgan fingerprint density at radius 3 is 2.40 bits per heavy atom. The van der Waals surface area contributed by atoms with Crippen LogP contribution in [0.5, 0.6) is 0 Å². The van der Waals surface area contributed by atoms with Crippen LogP contribution in [0.2, 0.25) is 0 Å². The van der Waals surface area contributed by atoms with Crippen LogP contribution in [0.4, 0.5) is 4.39 Å². The molecule has 2 rings (SSSR count). The maximum Gasteiger partial charge on any atom is 0.126 e. The van der Waals surface area contributed by atoms with Crippen molar-refractivity contribution in [2.75, 3.05) is 6.54 Å². The van der Waals surface area contributed by atoms with E-state index in [1.165, 1.54) is 5.56 Å². The predicted molar refractivity (Wildman–Crippen MR) is 60.3 cm³/mol. The molecule has 0 radical (unpaired) electrons. The van der Waals surface area contributed by atoms with Gasteiger partial charge in [-0.15, -0.1) is 0 Å². The molecule has 0 amide bonds. The molecule has 0 bridgehead atoms. The van der Waals surface area contributed by atoms with Crippen molar-refractivity contribution < 1.29 is 4.39 Å². The monoisotopic (exact) mass is 207 g/mol. The van der Waals surface area contributed by atoms with Crippen LogP contribution in [0.1, 0.15) is 31.4 Å². The van der Waals surface area contributed by atoms with Gasteiger partial charge in [-0.1, -0.05) is 26.0 Å². The van der Waals surface area contributed by atoms with Gasteiger partial charge in [-0.25, -0.2) is 4.39 Å². The number of hydrogen-bond donors (Lipinski definition) is 1. The van der Waals surface area contributed by atoms with Gasteiger partial charge in [0.05, 0.1) is 0 Å². The predicted octanol–water partition coefficient (Wildman–Crippen LogP) is 2.76. The second kappa shape index (κ2) is 3.05. The molecule has 1 atom stereocenters. The highest BCUT2D eigenvalue weighted by Gasteiger charge is 2.60. The highest BCUT2D eigenvalue weighted by atomic mass is 19.1.